The van der Waals surface area contributed by atoms with Gasteiger partial charge in [-0.15, -0.1) is 0 Å². The smallest absolute Gasteiger partial charge is 0.240 e. The fourth-order valence-corrected chi connectivity index (χ4v) is 2.55. The molecule has 0 saturated carbocycles. The van der Waals surface area contributed by atoms with Gasteiger partial charge in [0.15, 0.2) is 5.82 Å². The molecule has 22 heavy (non-hydrogen) atoms. The van der Waals surface area contributed by atoms with Crippen molar-refractivity contribution >= 4 is 11.6 Å². The molecule has 0 aliphatic rings. The quantitative estimate of drug-likeness (QED) is 0.751. The molecule has 3 aromatic rings. The van der Waals surface area contributed by atoms with E-state index in [1.54, 1.807) is 23.2 Å². The fourth-order valence-electron chi connectivity index (χ4n) is 2.17. The van der Waals surface area contributed by atoms with Gasteiger partial charge in [-0.25, -0.2) is 4.98 Å². The Morgan fingerprint density at radius 1 is 1.14 bits per heavy atom. The van der Waals surface area contributed by atoms with Crippen LogP contribution in [-0.2, 0) is 0 Å². The van der Waals surface area contributed by atoms with E-state index in [0.29, 0.717) is 17.1 Å². The van der Waals surface area contributed by atoms with Gasteiger partial charge < -0.3 is 5.11 Å². The first-order valence-corrected chi connectivity index (χ1v) is 7.17. The van der Waals surface area contributed by atoms with Crippen molar-refractivity contribution in [3.8, 4) is 23.3 Å². The van der Waals surface area contributed by atoms with Gasteiger partial charge in [0.05, 0.1) is 5.56 Å². The van der Waals surface area contributed by atoms with Crippen molar-refractivity contribution in [1.82, 2.24) is 24.5 Å². The first-order chi connectivity index (χ1) is 10.6. The van der Waals surface area contributed by atoms with E-state index in [1.165, 1.54) is 0 Å². The third-order valence-electron chi connectivity index (χ3n) is 3.19. The lowest BCUT2D eigenvalue weighted by Crippen LogP contribution is -2.06. The highest BCUT2D eigenvalue weighted by Crippen LogP contribution is 2.31. The topological polar surface area (TPSA) is 76.7 Å². The molecule has 0 fully saturated rings. The summed E-state index contributed by atoms with van der Waals surface area (Å²) in [5.74, 6) is 0.740. The van der Waals surface area contributed by atoms with Crippen molar-refractivity contribution in [3.63, 3.8) is 0 Å². The maximum Gasteiger partial charge on any atom is 0.240 e. The number of pyridine rings is 1. The predicted octanol–water partition coefficient (Wildman–Crippen LogP) is 3.21. The van der Waals surface area contributed by atoms with Crippen LogP contribution in [0.4, 0.5) is 0 Å². The van der Waals surface area contributed by atoms with Crippen molar-refractivity contribution in [1.29, 1.82) is 0 Å². The molecule has 0 bridgehead atoms. The second kappa shape index (κ2) is 5.73. The Bertz CT molecular complexity index is 778. The number of halogens is 1. The third-order valence-corrected chi connectivity index (χ3v) is 3.48. The monoisotopic (exact) mass is 315 g/mol. The molecule has 0 amide bonds. The lowest BCUT2D eigenvalue weighted by atomic mass is 10.1. The fraction of sp³-hybridized carbons (Fsp3) is 0.200. The van der Waals surface area contributed by atoms with Crippen molar-refractivity contribution in [2.24, 2.45) is 0 Å². The van der Waals surface area contributed by atoms with Crippen molar-refractivity contribution in [2.45, 2.75) is 19.8 Å². The zero-order valence-electron chi connectivity index (χ0n) is 12.1. The number of hydrogen-bond donors (Lipinski definition) is 1. The summed E-state index contributed by atoms with van der Waals surface area (Å²) in [6, 6.07) is 5.53. The van der Waals surface area contributed by atoms with Gasteiger partial charge in [-0.3, -0.25) is 9.55 Å². The summed E-state index contributed by atoms with van der Waals surface area (Å²) in [6.07, 6.45) is 5.00. The van der Waals surface area contributed by atoms with Gasteiger partial charge in [0.1, 0.15) is 10.8 Å². The molecule has 0 aliphatic heterocycles. The SMILES string of the molecule is CC(C)c1c(O)nc(-n2ccnc2-c2ccccn2)nc1Cl. The van der Waals surface area contributed by atoms with Crippen LogP contribution in [0.3, 0.4) is 0 Å². The summed E-state index contributed by atoms with van der Waals surface area (Å²) in [5, 5.41) is 10.4. The number of rotatable bonds is 3. The molecule has 3 rings (SSSR count). The van der Waals surface area contributed by atoms with Gasteiger partial charge in [-0.2, -0.15) is 9.97 Å². The molecule has 0 atom stereocenters. The molecule has 3 aromatic heterocycles. The minimum absolute atomic E-state index is 0.0274. The van der Waals surface area contributed by atoms with Gasteiger partial charge in [0.25, 0.3) is 0 Å². The second-order valence-corrected chi connectivity index (χ2v) is 5.40. The summed E-state index contributed by atoms with van der Waals surface area (Å²) in [6.45, 7) is 3.83. The van der Waals surface area contributed by atoms with Crippen molar-refractivity contribution < 1.29 is 5.11 Å². The van der Waals surface area contributed by atoms with Crippen LogP contribution < -0.4 is 0 Å². The number of nitrogens with zero attached hydrogens (tertiary/aromatic N) is 5. The summed E-state index contributed by atoms with van der Waals surface area (Å²) in [4.78, 5) is 17.0. The first kappa shape index (κ1) is 14.5. The standard InChI is InChI=1S/C15H14ClN5O/c1-9(2)11-12(16)19-15(20-14(11)22)21-8-7-18-13(21)10-5-3-4-6-17-10/h3-9H,1-2H3,(H,19,20,22). The molecule has 6 nitrogen and oxygen atoms in total. The Morgan fingerprint density at radius 2 is 1.95 bits per heavy atom. The number of aromatic hydroxyl groups is 1. The maximum absolute atomic E-state index is 10.1. The number of aromatic nitrogens is 5. The Kier molecular flexibility index (Phi) is 3.77. The van der Waals surface area contributed by atoms with Gasteiger partial charge >= 0.3 is 0 Å². The largest absolute Gasteiger partial charge is 0.493 e. The summed E-state index contributed by atoms with van der Waals surface area (Å²) in [7, 11) is 0. The average molecular weight is 316 g/mol. The molecule has 112 valence electrons. The number of imidazole rings is 1. The molecule has 1 N–H and O–H groups in total. The van der Waals surface area contributed by atoms with Crippen LogP contribution in [0.25, 0.3) is 17.5 Å². The van der Waals surface area contributed by atoms with E-state index in [4.69, 9.17) is 11.6 Å². The molecule has 0 unspecified atom stereocenters. The van der Waals surface area contributed by atoms with Gasteiger partial charge in [0.2, 0.25) is 11.8 Å². The van der Waals surface area contributed by atoms with Gasteiger partial charge in [0, 0.05) is 18.6 Å². The van der Waals surface area contributed by atoms with Crippen LogP contribution in [0, 0.1) is 0 Å². The van der Waals surface area contributed by atoms with E-state index in [1.807, 2.05) is 32.0 Å². The highest BCUT2D eigenvalue weighted by Gasteiger charge is 2.18. The lowest BCUT2D eigenvalue weighted by Gasteiger charge is -2.12. The zero-order chi connectivity index (χ0) is 15.7. The molecule has 0 spiro atoms. The van der Waals surface area contributed by atoms with Gasteiger partial charge in [-0.1, -0.05) is 31.5 Å². The molecule has 0 aliphatic carbocycles. The number of hydrogen-bond acceptors (Lipinski definition) is 5. The Labute approximate surface area is 132 Å². The van der Waals surface area contributed by atoms with E-state index in [9.17, 15) is 5.11 Å². The van der Waals surface area contributed by atoms with Crippen molar-refractivity contribution in [3.05, 3.63) is 47.5 Å². The van der Waals surface area contributed by atoms with Gasteiger partial charge in [-0.05, 0) is 18.1 Å². The van der Waals surface area contributed by atoms with Crippen LogP contribution >= 0.6 is 11.6 Å². The molecule has 0 saturated heterocycles. The average Bonchev–Trinajstić information content (AvgIpc) is 2.96. The minimum atomic E-state index is -0.120. The highest BCUT2D eigenvalue weighted by atomic mass is 35.5. The molecular formula is C15H14ClN5O. The Morgan fingerprint density at radius 3 is 2.59 bits per heavy atom. The normalized spacial score (nSPS) is 11.1. The predicted molar refractivity (Wildman–Crippen MR) is 83.1 cm³/mol. The van der Waals surface area contributed by atoms with E-state index < -0.39 is 0 Å². The molecule has 3 heterocycles. The molecule has 0 aromatic carbocycles. The molecule has 7 heteroatoms. The van der Waals surface area contributed by atoms with Crippen LogP contribution in [0.5, 0.6) is 5.88 Å². The minimum Gasteiger partial charge on any atom is -0.493 e. The summed E-state index contributed by atoms with van der Waals surface area (Å²) >= 11 is 6.18. The van der Waals surface area contributed by atoms with Crippen LogP contribution in [0.15, 0.2) is 36.8 Å². The molecular weight excluding hydrogens is 302 g/mol. The maximum atomic E-state index is 10.1. The van der Waals surface area contributed by atoms with E-state index in [0.717, 1.165) is 0 Å². The van der Waals surface area contributed by atoms with Crippen LogP contribution in [0.1, 0.15) is 25.3 Å². The third kappa shape index (κ3) is 2.53. The van der Waals surface area contributed by atoms with Crippen LogP contribution in [0.2, 0.25) is 5.15 Å². The Hall–Kier alpha value is -2.47. The second-order valence-electron chi connectivity index (χ2n) is 5.04. The summed E-state index contributed by atoms with van der Waals surface area (Å²) < 4.78 is 1.64. The van der Waals surface area contributed by atoms with E-state index >= 15 is 0 Å². The highest BCUT2D eigenvalue weighted by molar-refractivity contribution is 6.30. The summed E-state index contributed by atoms with van der Waals surface area (Å²) in [5.41, 5.74) is 1.21. The Balaban J connectivity index is 2.13. The zero-order valence-corrected chi connectivity index (χ0v) is 12.9. The first-order valence-electron chi connectivity index (χ1n) is 6.79. The van der Waals surface area contributed by atoms with E-state index in [-0.39, 0.29) is 22.9 Å². The molecule has 0 radical (unpaired) electrons. The van der Waals surface area contributed by atoms with Crippen molar-refractivity contribution in [2.75, 3.05) is 0 Å². The lowest BCUT2D eigenvalue weighted by molar-refractivity contribution is 0.440. The van der Waals surface area contributed by atoms with E-state index in [2.05, 4.69) is 19.9 Å². The van der Waals surface area contributed by atoms with Crippen LogP contribution in [-0.4, -0.2) is 29.6 Å².